The number of nitrogens with one attached hydrogen (secondary N) is 1. The third-order valence-corrected chi connectivity index (χ3v) is 5.02. The molecule has 3 nitrogen and oxygen atoms in total. The number of hydrogen-bond acceptors (Lipinski definition) is 3. The molecule has 1 saturated heterocycles. The highest BCUT2D eigenvalue weighted by atomic mass is 16.3. The Bertz CT molecular complexity index is 511. The van der Waals surface area contributed by atoms with Gasteiger partial charge in [0, 0.05) is 6.04 Å². The highest BCUT2D eigenvalue weighted by Crippen LogP contribution is 2.41. The monoisotopic (exact) mass is 318 g/mol. The SMILES string of the molecule is CC(C)(C)c1cc([C@H](N)C2CCNCC2)cc(C(C)(C)C)c1O. The van der Waals surface area contributed by atoms with Crippen molar-refractivity contribution in [2.45, 2.75) is 71.3 Å². The number of aromatic hydroxyl groups is 1. The molecule has 1 heterocycles. The maximum Gasteiger partial charge on any atom is 0.123 e. The minimum Gasteiger partial charge on any atom is -0.507 e. The molecule has 0 aliphatic carbocycles. The van der Waals surface area contributed by atoms with Gasteiger partial charge < -0.3 is 16.2 Å². The normalized spacial score (nSPS) is 18.9. The van der Waals surface area contributed by atoms with Crippen LogP contribution in [0.2, 0.25) is 0 Å². The van der Waals surface area contributed by atoms with Gasteiger partial charge in [-0.2, -0.15) is 0 Å². The lowest BCUT2D eigenvalue weighted by Gasteiger charge is -2.32. The van der Waals surface area contributed by atoms with Gasteiger partial charge in [0.2, 0.25) is 0 Å². The number of phenols is 1. The van der Waals surface area contributed by atoms with Crippen molar-refractivity contribution in [3.63, 3.8) is 0 Å². The average Bonchev–Trinajstić information content (AvgIpc) is 2.45. The van der Waals surface area contributed by atoms with Crippen LogP contribution in [0.15, 0.2) is 12.1 Å². The van der Waals surface area contributed by atoms with E-state index < -0.39 is 0 Å². The largest absolute Gasteiger partial charge is 0.507 e. The first-order valence-electron chi connectivity index (χ1n) is 8.86. The summed E-state index contributed by atoms with van der Waals surface area (Å²) in [6.07, 6.45) is 2.25. The van der Waals surface area contributed by atoms with Gasteiger partial charge in [-0.05, 0) is 71.5 Å². The lowest BCUT2D eigenvalue weighted by molar-refractivity contribution is 0.321. The first-order chi connectivity index (χ1) is 10.5. The standard InChI is InChI=1S/C20H34N2O/c1-19(2,3)15-11-14(12-16(18(15)23)20(4,5)6)17(21)13-7-9-22-10-8-13/h11-13,17,22-23H,7-10,21H2,1-6H3/t17-/m1/s1. The van der Waals surface area contributed by atoms with Gasteiger partial charge in [-0.3, -0.25) is 0 Å². The van der Waals surface area contributed by atoms with Crippen LogP contribution in [0.25, 0.3) is 0 Å². The summed E-state index contributed by atoms with van der Waals surface area (Å²) in [6, 6.07) is 4.31. The molecule has 1 fully saturated rings. The van der Waals surface area contributed by atoms with Crippen molar-refractivity contribution < 1.29 is 5.11 Å². The molecule has 1 aliphatic rings. The molecule has 0 bridgehead atoms. The van der Waals surface area contributed by atoms with Gasteiger partial charge in [0.25, 0.3) is 0 Å². The van der Waals surface area contributed by atoms with Crippen molar-refractivity contribution in [2.24, 2.45) is 11.7 Å². The molecule has 0 spiro atoms. The minimum absolute atomic E-state index is 0.0416. The molecule has 1 aromatic carbocycles. The van der Waals surface area contributed by atoms with Gasteiger partial charge in [-0.25, -0.2) is 0 Å². The number of piperidine rings is 1. The molecule has 2 rings (SSSR count). The average molecular weight is 319 g/mol. The Kier molecular flexibility index (Phi) is 5.12. The van der Waals surface area contributed by atoms with Gasteiger partial charge in [0.05, 0.1) is 0 Å². The van der Waals surface area contributed by atoms with E-state index in [9.17, 15) is 5.11 Å². The zero-order chi connectivity index (χ0) is 17.4. The third-order valence-electron chi connectivity index (χ3n) is 5.02. The van der Waals surface area contributed by atoms with Crippen LogP contribution < -0.4 is 11.1 Å². The van der Waals surface area contributed by atoms with Gasteiger partial charge in [0.15, 0.2) is 0 Å². The Balaban J connectivity index is 2.51. The summed E-state index contributed by atoms with van der Waals surface area (Å²) in [5, 5.41) is 14.2. The van der Waals surface area contributed by atoms with E-state index in [2.05, 4.69) is 59.0 Å². The van der Waals surface area contributed by atoms with Crippen LogP contribution in [0.3, 0.4) is 0 Å². The van der Waals surface area contributed by atoms with Crippen LogP contribution in [0.5, 0.6) is 5.75 Å². The molecule has 130 valence electrons. The van der Waals surface area contributed by atoms with Crippen molar-refractivity contribution in [1.29, 1.82) is 0 Å². The molecule has 0 amide bonds. The molecule has 4 N–H and O–H groups in total. The maximum absolute atomic E-state index is 10.8. The molecule has 0 radical (unpaired) electrons. The molecule has 1 aromatic rings. The summed E-state index contributed by atoms with van der Waals surface area (Å²) < 4.78 is 0. The molecule has 1 atom stereocenters. The fraction of sp³-hybridized carbons (Fsp3) is 0.700. The van der Waals surface area contributed by atoms with Crippen molar-refractivity contribution in [2.75, 3.05) is 13.1 Å². The Morgan fingerprint density at radius 3 is 1.83 bits per heavy atom. The van der Waals surface area contributed by atoms with Crippen LogP contribution in [0.4, 0.5) is 0 Å². The number of benzene rings is 1. The fourth-order valence-corrected chi connectivity index (χ4v) is 3.47. The number of hydrogen-bond donors (Lipinski definition) is 3. The fourth-order valence-electron chi connectivity index (χ4n) is 3.47. The highest BCUT2D eigenvalue weighted by Gasteiger charge is 2.29. The number of nitrogens with two attached hydrogens (primary N) is 1. The summed E-state index contributed by atoms with van der Waals surface area (Å²) in [4.78, 5) is 0. The van der Waals surface area contributed by atoms with Crippen LogP contribution in [-0.4, -0.2) is 18.2 Å². The molecular weight excluding hydrogens is 284 g/mol. The van der Waals surface area contributed by atoms with E-state index in [1.54, 1.807) is 0 Å². The maximum atomic E-state index is 10.8. The van der Waals surface area contributed by atoms with E-state index in [-0.39, 0.29) is 16.9 Å². The molecule has 0 saturated carbocycles. The Labute approximate surface area is 141 Å². The van der Waals surface area contributed by atoms with E-state index in [0.717, 1.165) is 37.1 Å². The molecule has 3 heteroatoms. The molecule has 0 unspecified atom stereocenters. The van der Waals surface area contributed by atoms with Crippen molar-refractivity contribution in [3.05, 3.63) is 28.8 Å². The Morgan fingerprint density at radius 2 is 1.43 bits per heavy atom. The minimum atomic E-state index is -0.103. The van der Waals surface area contributed by atoms with Crippen molar-refractivity contribution in [1.82, 2.24) is 5.32 Å². The van der Waals surface area contributed by atoms with Gasteiger partial charge in [-0.15, -0.1) is 0 Å². The first-order valence-corrected chi connectivity index (χ1v) is 8.86. The lowest BCUT2D eigenvalue weighted by atomic mass is 9.76. The molecule has 1 aliphatic heterocycles. The van der Waals surface area contributed by atoms with E-state index in [4.69, 9.17) is 5.73 Å². The summed E-state index contributed by atoms with van der Waals surface area (Å²) in [5.74, 6) is 0.952. The molecule has 23 heavy (non-hydrogen) atoms. The summed E-state index contributed by atoms with van der Waals surface area (Å²) in [7, 11) is 0. The number of rotatable bonds is 2. The van der Waals surface area contributed by atoms with Gasteiger partial charge in [0.1, 0.15) is 5.75 Å². The van der Waals surface area contributed by atoms with Gasteiger partial charge in [-0.1, -0.05) is 41.5 Å². The van der Waals surface area contributed by atoms with Gasteiger partial charge >= 0.3 is 0 Å². The summed E-state index contributed by atoms with van der Waals surface area (Å²) in [5.41, 5.74) is 9.61. The molecular formula is C20H34N2O. The van der Waals surface area contributed by atoms with E-state index >= 15 is 0 Å². The summed E-state index contributed by atoms with van der Waals surface area (Å²) in [6.45, 7) is 15.0. The first kappa shape index (κ1) is 18.3. The smallest absolute Gasteiger partial charge is 0.123 e. The third kappa shape index (κ3) is 4.07. The second-order valence-electron chi connectivity index (χ2n) is 9.08. The topological polar surface area (TPSA) is 58.3 Å². The van der Waals surface area contributed by atoms with Crippen LogP contribution >= 0.6 is 0 Å². The Hall–Kier alpha value is -1.06. The number of phenolic OH excluding ortho intramolecular Hbond substituents is 1. The van der Waals surface area contributed by atoms with Crippen LogP contribution in [0.1, 0.15) is 77.1 Å². The second-order valence-corrected chi connectivity index (χ2v) is 9.08. The molecule has 0 aromatic heterocycles. The van der Waals surface area contributed by atoms with Crippen LogP contribution in [0, 0.1) is 5.92 Å². The van der Waals surface area contributed by atoms with E-state index in [0.29, 0.717) is 11.7 Å². The second kappa shape index (κ2) is 6.45. The Morgan fingerprint density at radius 1 is 1.00 bits per heavy atom. The quantitative estimate of drug-likeness (QED) is 0.773. The zero-order valence-electron chi connectivity index (χ0n) is 15.7. The predicted molar refractivity (Wildman–Crippen MR) is 98.0 cm³/mol. The van der Waals surface area contributed by atoms with Crippen molar-refractivity contribution >= 4 is 0 Å². The van der Waals surface area contributed by atoms with Crippen LogP contribution in [-0.2, 0) is 10.8 Å². The van der Waals surface area contributed by atoms with E-state index in [1.165, 1.54) is 5.56 Å². The highest BCUT2D eigenvalue weighted by molar-refractivity contribution is 5.50. The predicted octanol–water partition coefficient (Wildman–Crippen LogP) is 3.99. The lowest BCUT2D eigenvalue weighted by Crippen LogP contribution is -2.34. The zero-order valence-corrected chi connectivity index (χ0v) is 15.7. The summed E-state index contributed by atoms with van der Waals surface area (Å²) >= 11 is 0. The van der Waals surface area contributed by atoms with Crippen molar-refractivity contribution in [3.8, 4) is 5.75 Å². The van der Waals surface area contributed by atoms with E-state index in [1.807, 2.05) is 0 Å².